The third kappa shape index (κ3) is 4.61. The van der Waals surface area contributed by atoms with Crippen molar-refractivity contribution in [1.82, 2.24) is 10.2 Å². The third-order valence-corrected chi connectivity index (χ3v) is 5.32. The van der Waals surface area contributed by atoms with Crippen LogP contribution in [0.2, 0.25) is 0 Å². The van der Waals surface area contributed by atoms with Gasteiger partial charge in [0, 0.05) is 33.3 Å². The second kappa shape index (κ2) is 8.76. The Kier molecular flexibility index (Phi) is 7.00. The zero-order valence-electron chi connectivity index (χ0n) is 15.0. The summed E-state index contributed by atoms with van der Waals surface area (Å²) < 4.78 is 5.83. The highest BCUT2D eigenvalue weighted by atomic mass is 16.5. The van der Waals surface area contributed by atoms with Crippen molar-refractivity contribution >= 4 is 5.96 Å². The molecule has 1 heterocycles. The molecule has 128 valence electrons. The number of guanidine groups is 1. The van der Waals surface area contributed by atoms with E-state index in [0.29, 0.717) is 12.0 Å². The van der Waals surface area contributed by atoms with Gasteiger partial charge in [0.2, 0.25) is 0 Å². The maximum atomic E-state index is 5.83. The van der Waals surface area contributed by atoms with Crippen molar-refractivity contribution in [2.24, 2.45) is 22.7 Å². The number of rotatable bonds is 6. The van der Waals surface area contributed by atoms with Crippen molar-refractivity contribution in [3.8, 4) is 0 Å². The van der Waals surface area contributed by atoms with Crippen LogP contribution in [0.25, 0.3) is 0 Å². The summed E-state index contributed by atoms with van der Waals surface area (Å²) >= 11 is 0. The second-order valence-corrected chi connectivity index (χ2v) is 7.21. The molecule has 0 amide bonds. The standard InChI is InChI=1S/C18H35N3O/c1-5-22-17(14(2)3)10-11-20-18(19-4)21-12-15-8-6-7-9-16(15)13-21/h14-17H,5-13H2,1-4H3,(H,19,20). The summed E-state index contributed by atoms with van der Waals surface area (Å²) in [7, 11) is 1.91. The van der Waals surface area contributed by atoms with Crippen LogP contribution in [0.4, 0.5) is 0 Å². The molecule has 4 nitrogen and oxygen atoms in total. The van der Waals surface area contributed by atoms with E-state index in [1.165, 1.54) is 38.8 Å². The molecule has 1 saturated heterocycles. The molecule has 4 heteroatoms. The van der Waals surface area contributed by atoms with Crippen molar-refractivity contribution in [3.05, 3.63) is 0 Å². The molecule has 0 aromatic rings. The molecule has 1 aliphatic carbocycles. The Balaban J connectivity index is 1.78. The summed E-state index contributed by atoms with van der Waals surface area (Å²) in [6, 6.07) is 0. The highest BCUT2D eigenvalue weighted by Crippen LogP contribution is 2.35. The van der Waals surface area contributed by atoms with E-state index >= 15 is 0 Å². The lowest BCUT2D eigenvalue weighted by Crippen LogP contribution is -2.41. The monoisotopic (exact) mass is 309 g/mol. The van der Waals surface area contributed by atoms with Crippen molar-refractivity contribution in [2.75, 3.05) is 33.3 Å². The van der Waals surface area contributed by atoms with Gasteiger partial charge in [0.1, 0.15) is 0 Å². The van der Waals surface area contributed by atoms with Crippen LogP contribution in [0.15, 0.2) is 4.99 Å². The maximum Gasteiger partial charge on any atom is 0.193 e. The minimum atomic E-state index is 0.344. The lowest BCUT2D eigenvalue weighted by Gasteiger charge is -2.24. The van der Waals surface area contributed by atoms with Crippen LogP contribution in [-0.2, 0) is 4.74 Å². The van der Waals surface area contributed by atoms with Gasteiger partial charge in [0.25, 0.3) is 0 Å². The predicted molar refractivity (Wildman–Crippen MR) is 93.3 cm³/mol. The maximum absolute atomic E-state index is 5.83. The van der Waals surface area contributed by atoms with Crippen molar-refractivity contribution in [1.29, 1.82) is 0 Å². The number of aliphatic imine (C=N–C) groups is 1. The smallest absolute Gasteiger partial charge is 0.193 e. The molecule has 3 unspecified atom stereocenters. The zero-order valence-corrected chi connectivity index (χ0v) is 15.0. The Morgan fingerprint density at radius 3 is 2.36 bits per heavy atom. The first-order chi connectivity index (χ1) is 10.7. The number of hydrogen-bond acceptors (Lipinski definition) is 2. The first-order valence-corrected chi connectivity index (χ1v) is 9.22. The Morgan fingerprint density at radius 1 is 1.23 bits per heavy atom. The first kappa shape index (κ1) is 17.6. The molecule has 2 rings (SSSR count). The Hall–Kier alpha value is -0.770. The summed E-state index contributed by atoms with van der Waals surface area (Å²) in [5.41, 5.74) is 0. The fraction of sp³-hybridized carbons (Fsp3) is 0.944. The van der Waals surface area contributed by atoms with E-state index in [-0.39, 0.29) is 0 Å². The lowest BCUT2D eigenvalue weighted by atomic mass is 9.82. The summed E-state index contributed by atoms with van der Waals surface area (Å²) in [6.45, 7) is 10.7. The van der Waals surface area contributed by atoms with Crippen LogP contribution in [0.3, 0.4) is 0 Å². The molecule has 0 spiro atoms. The molecular formula is C18H35N3O. The SMILES string of the molecule is CCOC(CCNC(=NC)N1CC2CCCCC2C1)C(C)C. The van der Waals surface area contributed by atoms with Gasteiger partial charge in [-0.25, -0.2) is 0 Å². The molecule has 0 aromatic carbocycles. The molecule has 2 fully saturated rings. The molecule has 3 atom stereocenters. The van der Waals surface area contributed by atoms with Gasteiger partial charge in [-0.05, 0) is 43.9 Å². The van der Waals surface area contributed by atoms with E-state index in [2.05, 4.69) is 36.0 Å². The molecule has 22 heavy (non-hydrogen) atoms. The normalized spacial score (nSPS) is 27.1. The van der Waals surface area contributed by atoms with E-state index in [4.69, 9.17) is 4.74 Å². The summed E-state index contributed by atoms with van der Waals surface area (Å²) in [4.78, 5) is 6.98. The van der Waals surface area contributed by atoms with Crippen LogP contribution >= 0.6 is 0 Å². The fourth-order valence-corrected chi connectivity index (χ4v) is 4.06. The Bertz CT molecular complexity index is 342. The average molecular weight is 309 g/mol. The molecule has 1 saturated carbocycles. The minimum absolute atomic E-state index is 0.344. The van der Waals surface area contributed by atoms with Crippen molar-refractivity contribution < 1.29 is 4.74 Å². The van der Waals surface area contributed by atoms with Gasteiger partial charge in [-0.2, -0.15) is 0 Å². The minimum Gasteiger partial charge on any atom is -0.378 e. The van der Waals surface area contributed by atoms with Crippen LogP contribution < -0.4 is 5.32 Å². The van der Waals surface area contributed by atoms with E-state index in [0.717, 1.165) is 37.4 Å². The largest absolute Gasteiger partial charge is 0.378 e. The van der Waals surface area contributed by atoms with Crippen LogP contribution in [-0.4, -0.2) is 50.3 Å². The number of ether oxygens (including phenoxy) is 1. The van der Waals surface area contributed by atoms with Crippen molar-refractivity contribution in [2.45, 2.75) is 59.0 Å². The van der Waals surface area contributed by atoms with Crippen LogP contribution in [0.5, 0.6) is 0 Å². The molecule has 0 bridgehead atoms. The van der Waals surface area contributed by atoms with E-state index in [1.807, 2.05) is 7.05 Å². The molecule has 0 radical (unpaired) electrons. The van der Waals surface area contributed by atoms with Crippen LogP contribution in [0.1, 0.15) is 52.9 Å². The zero-order chi connectivity index (χ0) is 15.9. The molecule has 0 aromatic heterocycles. The second-order valence-electron chi connectivity index (χ2n) is 7.21. The summed E-state index contributed by atoms with van der Waals surface area (Å²) in [6.07, 6.45) is 7.06. The van der Waals surface area contributed by atoms with Crippen LogP contribution in [0, 0.1) is 17.8 Å². The average Bonchev–Trinajstić information content (AvgIpc) is 2.93. The quantitative estimate of drug-likeness (QED) is 0.605. The number of nitrogens with zero attached hydrogens (tertiary/aromatic N) is 2. The van der Waals surface area contributed by atoms with Gasteiger partial charge in [-0.15, -0.1) is 0 Å². The van der Waals surface area contributed by atoms with E-state index < -0.39 is 0 Å². The number of nitrogens with one attached hydrogen (secondary N) is 1. The van der Waals surface area contributed by atoms with Gasteiger partial charge in [0.05, 0.1) is 6.10 Å². The summed E-state index contributed by atoms with van der Waals surface area (Å²) in [5, 5.41) is 3.56. The van der Waals surface area contributed by atoms with Gasteiger partial charge < -0.3 is 15.0 Å². The number of fused-ring (bicyclic) bond motifs is 1. The van der Waals surface area contributed by atoms with Crippen molar-refractivity contribution in [3.63, 3.8) is 0 Å². The first-order valence-electron chi connectivity index (χ1n) is 9.22. The third-order valence-electron chi connectivity index (χ3n) is 5.32. The van der Waals surface area contributed by atoms with Gasteiger partial charge in [-0.3, -0.25) is 4.99 Å². The van der Waals surface area contributed by atoms with Gasteiger partial charge in [-0.1, -0.05) is 26.7 Å². The molecule has 1 aliphatic heterocycles. The fourth-order valence-electron chi connectivity index (χ4n) is 4.06. The Labute approximate surface area is 136 Å². The number of hydrogen-bond donors (Lipinski definition) is 1. The highest BCUT2D eigenvalue weighted by Gasteiger charge is 2.35. The van der Waals surface area contributed by atoms with E-state index in [1.54, 1.807) is 0 Å². The van der Waals surface area contributed by atoms with Gasteiger partial charge >= 0.3 is 0 Å². The predicted octanol–water partition coefficient (Wildman–Crippen LogP) is 3.14. The summed E-state index contributed by atoms with van der Waals surface area (Å²) in [5.74, 6) is 3.46. The highest BCUT2D eigenvalue weighted by molar-refractivity contribution is 5.80. The lowest BCUT2D eigenvalue weighted by molar-refractivity contribution is 0.0257. The Morgan fingerprint density at radius 2 is 1.86 bits per heavy atom. The topological polar surface area (TPSA) is 36.9 Å². The molecule has 2 aliphatic rings. The molecule has 1 N–H and O–H groups in total. The number of likely N-dealkylation sites (tertiary alicyclic amines) is 1. The van der Waals surface area contributed by atoms with E-state index in [9.17, 15) is 0 Å². The van der Waals surface area contributed by atoms with Gasteiger partial charge in [0.15, 0.2) is 5.96 Å². The molecular weight excluding hydrogens is 274 g/mol.